The molecule has 0 N–H and O–H groups in total. The predicted molar refractivity (Wildman–Crippen MR) is 80.1 cm³/mol. The molecule has 0 amide bonds. The number of benzene rings is 1. The van der Waals surface area contributed by atoms with Gasteiger partial charge in [0.15, 0.2) is 8.32 Å². The van der Waals surface area contributed by atoms with E-state index in [4.69, 9.17) is 9.16 Å². The van der Waals surface area contributed by atoms with Gasteiger partial charge in [0.05, 0.1) is 6.61 Å². The fourth-order valence-corrected chi connectivity index (χ4v) is 2.84. The van der Waals surface area contributed by atoms with Crippen LogP contribution in [0.2, 0.25) is 19.1 Å². The van der Waals surface area contributed by atoms with Crippen molar-refractivity contribution in [3.63, 3.8) is 0 Å². The molecule has 1 aromatic carbocycles. The van der Waals surface area contributed by atoms with Crippen LogP contribution < -0.4 is 0 Å². The fourth-order valence-electron chi connectivity index (χ4n) is 1.64. The summed E-state index contributed by atoms with van der Waals surface area (Å²) >= 11 is 0. The largest absolute Gasteiger partial charge is 0.420 e. The van der Waals surface area contributed by atoms with E-state index in [9.17, 15) is 0 Å². The quantitative estimate of drug-likeness (QED) is 0.520. The minimum atomic E-state index is -1.41. The lowest BCUT2D eigenvalue weighted by Crippen LogP contribution is -2.28. The van der Waals surface area contributed by atoms with Crippen LogP contribution in [0.5, 0.6) is 0 Å². The van der Waals surface area contributed by atoms with E-state index >= 15 is 0 Å². The molecule has 0 aliphatic rings. The van der Waals surface area contributed by atoms with E-state index in [2.05, 4.69) is 43.9 Å². The Bertz CT molecular complexity index is 357. The highest BCUT2D eigenvalue weighted by molar-refractivity contribution is 6.71. The summed E-state index contributed by atoms with van der Waals surface area (Å²) in [7, 11) is 0.404. The highest BCUT2D eigenvalue weighted by atomic mass is 28.4. The molecule has 0 aromatic heterocycles. The third-order valence-corrected chi connectivity index (χ3v) is 5.77. The van der Waals surface area contributed by atoms with Gasteiger partial charge in [0.2, 0.25) is 0 Å². The Morgan fingerprint density at radius 1 is 1.22 bits per heavy atom. The standard InChI is InChI=1S/C15H24O2Si/c1-5-14-7-9-15(10-8-14)13-17-11-6-12-18(3,4)16-2/h5,7-10H,1,6,11-13H2,2-4H3. The summed E-state index contributed by atoms with van der Waals surface area (Å²) in [5, 5.41) is 0. The van der Waals surface area contributed by atoms with Crippen molar-refractivity contribution in [1.29, 1.82) is 0 Å². The third-order valence-electron chi connectivity index (χ3n) is 3.10. The van der Waals surface area contributed by atoms with Gasteiger partial charge in [-0.25, -0.2) is 0 Å². The first-order valence-corrected chi connectivity index (χ1v) is 9.53. The molecule has 3 heteroatoms. The van der Waals surface area contributed by atoms with Crippen LogP contribution in [0.15, 0.2) is 30.8 Å². The zero-order valence-corrected chi connectivity index (χ0v) is 12.7. The topological polar surface area (TPSA) is 18.5 Å². The van der Waals surface area contributed by atoms with E-state index in [-0.39, 0.29) is 0 Å². The fraction of sp³-hybridized carbons (Fsp3) is 0.467. The SMILES string of the molecule is C=Cc1ccc(COCCC[Si](C)(C)OC)cc1. The lowest BCUT2D eigenvalue weighted by atomic mass is 10.1. The smallest absolute Gasteiger partial charge is 0.186 e. The van der Waals surface area contributed by atoms with E-state index in [1.165, 1.54) is 5.56 Å². The third kappa shape index (κ3) is 5.62. The van der Waals surface area contributed by atoms with Gasteiger partial charge >= 0.3 is 0 Å². The summed E-state index contributed by atoms with van der Waals surface area (Å²) in [6.45, 7) is 9.71. The van der Waals surface area contributed by atoms with Crippen molar-refractivity contribution < 1.29 is 9.16 Å². The lowest BCUT2D eigenvalue weighted by Gasteiger charge is -2.19. The highest BCUT2D eigenvalue weighted by Gasteiger charge is 2.19. The molecule has 2 nitrogen and oxygen atoms in total. The summed E-state index contributed by atoms with van der Waals surface area (Å²) in [5.41, 5.74) is 2.36. The van der Waals surface area contributed by atoms with Crippen molar-refractivity contribution in [1.82, 2.24) is 0 Å². The van der Waals surface area contributed by atoms with Gasteiger partial charge in [-0.2, -0.15) is 0 Å². The van der Waals surface area contributed by atoms with Gasteiger partial charge in [-0.15, -0.1) is 0 Å². The Hall–Kier alpha value is -0.903. The minimum Gasteiger partial charge on any atom is -0.420 e. The molecule has 0 aliphatic carbocycles. The molecule has 0 saturated heterocycles. The van der Waals surface area contributed by atoms with Crippen LogP contribution in [0.1, 0.15) is 17.5 Å². The van der Waals surface area contributed by atoms with E-state index in [0.717, 1.165) is 24.6 Å². The molecule has 18 heavy (non-hydrogen) atoms. The maximum absolute atomic E-state index is 5.67. The van der Waals surface area contributed by atoms with Crippen LogP contribution in [0.3, 0.4) is 0 Å². The molecule has 0 spiro atoms. The van der Waals surface area contributed by atoms with Crippen LogP contribution in [0, 0.1) is 0 Å². The Balaban J connectivity index is 2.19. The summed E-state index contributed by atoms with van der Waals surface area (Å²) in [6, 6.07) is 9.45. The molecule has 0 aliphatic heterocycles. The van der Waals surface area contributed by atoms with E-state index in [0.29, 0.717) is 6.61 Å². The van der Waals surface area contributed by atoms with Gasteiger partial charge < -0.3 is 9.16 Å². The normalized spacial score (nSPS) is 11.5. The number of rotatable bonds is 8. The van der Waals surface area contributed by atoms with Crippen molar-refractivity contribution in [2.24, 2.45) is 0 Å². The number of ether oxygens (including phenoxy) is 1. The average molecular weight is 264 g/mol. The molecule has 100 valence electrons. The second-order valence-corrected chi connectivity index (χ2v) is 9.49. The van der Waals surface area contributed by atoms with Crippen LogP contribution in [0.4, 0.5) is 0 Å². The molecule has 0 bridgehead atoms. The van der Waals surface area contributed by atoms with Crippen LogP contribution >= 0.6 is 0 Å². The summed E-state index contributed by atoms with van der Waals surface area (Å²) in [6.07, 6.45) is 2.93. The summed E-state index contributed by atoms with van der Waals surface area (Å²) in [4.78, 5) is 0. The molecular formula is C15H24O2Si. The monoisotopic (exact) mass is 264 g/mol. The van der Waals surface area contributed by atoms with Crippen LogP contribution in [-0.2, 0) is 15.8 Å². The van der Waals surface area contributed by atoms with Crippen molar-refractivity contribution in [2.75, 3.05) is 13.7 Å². The zero-order valence-electron chi connectivity index (χ0n) is 11.7. The van der Waals surface area contributed by atoms with Crippen molar-refractivity contribution in [2.45, 2.75) is 32.2 Å². The molecule has 0 heterocycles. The van der Waals surface area contributed by atoms with Gasteiger partial charge in [0.1, 0.15) is 0 Å². The molecular weight excluding hydrogens is 240 g/mol. The maximum atomic E-state index is 5.67. The average Bonchev–Trinajstić information content (AvgIpc) is 2.39. The Labute approximate surface area is 112 Å². The predicted octanol–water partition coefficient (Wildman–Crippen LogP) is 4.09. The molecule has 0 radical (unpaired) electrons. The van der Waals surface area contributed by atoms with E-state index in [1.807, 2.05) is 13.2 Å². The first kappa shape index (κ1) is 15.2. The zero-order chi connectivity index (χ0) is 13.4. The Morgan fingerprint density at radius 3 is 2.44 bits per heavy atom. The van der Waals surface area contributed by atoms with Crippen LogP contribution in [-0.4, -0.2) is 22.0 Å². The van der Waals surface area contributed by atoms with Gasteiger partial charge in [0, 0.05) is 13.7 Å². The van der Waals surface area contributed by atoms with Crippen molar-refractivity contribution in [3.05, 3.63) is 42.0 Å². The summed E-state index contributed by atoms with van der Waals surface area (Å²) in [5.74, 6) is 0. The van der Waals surface area contributed by atoms with Gasteiger partial charge in [-0.3, -0.25) is 0 Å². The minimum absolute atomic E-state index is 0.687. The first-order valence-electron chi connectivity index (χ1n) is 6.42. The maximum Gasteiger partial charge on any atom is 0.186 e. The second kappa shape index (κ2) is 7.51. The van der Waals surface area contributed by atoms with E-state index < -0.39 is 8.32 Å². The highest BCUT2D eigenvalue weighted by Crippen LogP contribution is 2.13. The Kier molecular flexibility index (Phi) is 6.33. The molecule has 0 saturated carbocycles. The number of hydrogen-bond donors (Lipinski definition) is 0. The van der Waals surface area contributed by atoms with Crippen molar-refractivity contribution in [3.8, 4) is 0 Å². The molecule has 0 unspecified atom stereocenters. The van der Waals surface area contributed by atoms with Gasteiger partial charge in [-0.05, 0) is 36.7 Å². The number of hydrogen-bond acceptors (Lipinski definition) is 2. The second-order valence-electron chi connectivity index (χ2n) is 5.07. The lowest BCUT2D eigenvalue weighted by molar-refractivity contribution is 0.120. The molecule has 1 rings (SSSR count). The molecule has 0 fully saturated rings. The molecule has 1 aromatic rings. The molecule has 0 atom stereocenters. The van der Waals surface area contributed by atoms with Crippen molar-refractivity contribution >= 4 is 14.4 Å². The Morgan fingerprint density at radius 2 is 1.89 bits per heavy atom. The van der Waals surface area contributed by atoms with Crippen LogP contribution in [0.25, 0.3) is 6.08 Å². The van der Waals surface area contributed by atoms with Gasteiger partial charge in [0.25, 0.3) is 0 Å². The first-order chi connectivity index (χ1) is 8.57. The summed E-state index contributed by atoms with van der Waals surface area (Å²) < 4.78 is 11.2. The van der Waals surface area contributed by atoms with Gasteiger partial charge in [-0.1, -0.05) is 36.9 Å². The van der Waals surface area contributed by atoms with E-state index in [1.54, 1.807) is 0 Å².